The zero-order valence-corrected chi connectivity index (χ0v) is 8.68. The maximum absolute atomic E-state index is 4.35. The zero-order chi connectivity index (χ0) is 9.80. The zero-order valence-electron chi connectivity index (χ0n) is 7.86. The van der Waals surface area contributed by atoms with Gasteiger partial charge in [0.1, 0.15) is 5.04 Å². The molecule has 2 rings (SSSR count). The summed E-state index contributed by atoms with van der Waals surface area (Å²) < 4.78 is 0. The molecule has 14 heavy (non-hydrogen) atoms. The lowest BCUT2D eigenvalue weighted by Crippen LogP contribution is -2.04. The molecule has 1 aromatic rings. The van der Waals surface area contributed by atoms with E-state index in [-0.39, 0.29) is 0 Å². The van der Waals surface area contributed by atoms with E-state index in [0.717, 1.165) is 28.7 Å². The van der Waals surface area contributed by atoms with E-state index in [0.29, 0.717) is 0 Å². The summed E-state index contributed by atoms with van der Waals surface area (Å²) in [7, 11) is 0. The molecular formula is C11H12N2S. The number of rotatable bonds is 3. The topological polar surface area (TPSA) is 24.4 Å². The first kappa shape index (κ1) is 9.34. The van der Waals surface area contributed by atoms with E-state index >= 15 is 0 Å². The Kier molecular flexibility index (Phi) is 2.89. The third-order valence-corrected chi connectivity index (χ3v) is 2.95. The minimum absolute atomic E-state index is 0.902. The van der Waals surface area contributed by atoms with Gasteiger partial charge in [0.25, 0.3) is 0 Å². The van der Waals surface area contributed by atoms with Gasteiger partial charge in [-0.2, -0.15) is 0 Å². The van der Waals surface area contributed by atoms with Crippen molar-refractivity contribution in [2.45, 2.75) is 0 Å². The molecule has 0 aromatic heterocycles. The van der Waals surface area contributed by atoms with Crippen molar-refractivity contribution in [1.29, 1.82) is 0 Å². The highest BCUT2D eigenvalue weighted by Crippen LogP contribution is 2.19. The predicted octanol–water partition coefficient (Wildman–Crippen LogP) is 2.76. The number of para-hydroxylation sites is 1. The van der Waals surface area contributed by atoms with Crippen LogP contribution in [0, 0.1) is 0 Å². The standard InChI is InChI=1S/C11H12N2S/c1-9(11-12-7-8-14-11)13-10-5-3-2-4-6-10/h2-6,13H,1,7-8H2. The molecule has 0 aliphatic carbocycles. The molecule has 2 nitrogen and oxygen atoms in total. The van der Waals surface area contributed by atoms with Crippen LogP contribution >= 0.6 is 11.8 Å². The van der Waals surface area contributed by atoms with Crippen molar-refractivity contribution in [3.05, 3.63) is 42.6 Å². The molecule has 0 radical (unpaired) electrons. The highest BCUT2D eigenvalue weighted by atomic mass is 32.2. The van der Waals surface area contributed by atoms with Crippen LogP contribution in [-0.4, -0.2) is 17.3 Å². The number of anilines is 1. The molecule has 3 heteroatoms. The highest BCUT2D eigenvalue weighted by Gasteiger charge is 2.10. The molecule has 0 spiro atoms. The van der Waals surface area contributed by atoms with Gasteiger partial charge in [0.15, 0.2) is 0 Å². The molecule has 1 N–H and O–H groups in total. The number of thioether (sulfide) groups is 1. The largest absolute Gasteiger partial charge is 0.354 e. The number of hydrogen-bond donors (Lipinski definition) is 1. The minimum atomic E-state index is 0.902. The summed E-state index contributed by atoms with van der Waals surface area (Å²) in [5, 5.41) is 4.27. The maximum Gasteiger partial charge on any atom is 0.113 e. The van der Waals surface area contributed by atoms with Crippen molar-refractivity contribution in [1.82, 2.24) is 0 Å². The molecule has 1 heterocycles. The van der Waals surface area contributed by atoms with Gasteiger partial charge in [-0.3, -0.25) is 4.99 Å². The highest BCUT2D eigenvalue weighted by molar-refractivity contribution is 8.14. The van der Waals surface area contributed by atoms with Gasteiger partial charge in [-0.15, -0.1) is 11.8 Å². The van der Waals surface area contributed by atoms with Gasteiger partial charge in [0.05, 0.1) is 5.70 Å². The summed E-state index contributed by atoms with van der Waals surface area (Å²) in [5.41, 5.74) is 1.96. The summed E-state index contributed by atoms with van der Waals surface area (Å²) in [4.78, 5) is 4.35. The molecule has 0 unspecified atom stereocenters. The molecule has 0 fully saturated rings. The van der Waals surface area contributed by atoms with Crippen LogP contribution in [0.5, 0.6) is 0 Å². The molecule has 1 aliphatic heterocycles. The van der Waals surface area contributed by atoms with E-state index in [9.17, 15) is 0 Å². The van der Waals surface area contributed by atoms with Crippen LogP contribution in [0.1, 0.15) is 0 Å². The van der Waals surface area contributed by atoms with Gasteiger partial charge in [-0.25, -0.2) is 0 Å². The fourth-order valence-electron chi connectivity index (χ4n) is 1.27. The molecule has 72 valence electrons. The number of benzene rings is 1. The van der Waals surface area contributed by atoms with Crippen molar-refractivity contribution < 1.29 is 0 Å². The van der Waals surface area contributed by atoms with Crippen molar-refractivity contribution in [3.63, 3.8) is 0 Å². The second-order valence-corrected chi connectivity index (χ2v) is 4.09. The van der Waals surface area contributed by atoms with Gasteiger partial charge in [-0.05, 0) is 12.1 Å². The van der Waals surface area contributed by atoms with Crippen molar-refractivity contribution >= 4 is 22.5 Å². The molecule has 1 aromatic carbocycles. The van der Waals surface area contributed by atoms with Crippen LogP contribution in [0.2, 0.25) is 0 Å². The Balaban J connectivity index is 2.01. The number of hydrogen-bond acceptors (Lipinski definition) is 3. The van der Waals surface area contributed by atoms with Crippen LogP contribution in [0.4, 0.5) is 5.69 Å². The summed E-state index contributed by atoms with van der Waals surface area (Å²) >= 11 is 1.76. The Labute approximate surface area is 88.1 Å². The average Bonchev–Trinajstić information content (AvgIpc) is 2.72. The SMILES string of the molecule is C=C(Nc1ccccc1)C1=NCCS1. The van der Waals surface area contributed by atoms with Gasteiger partial charge in [0, 0.05) is 18.0 Å². The third-order valence-electron chi connectivity index (χ3n) is 1.91. The summed E-state index contributed by atoms with van der Waals surface area (Å²) in [6.07, 6.45) is 0. The van der Waals surface area contributed by atoms with Crippen molar-refractivity contribution in [2.75, 3.05) is 17.6 Å². The second kappa shape index (κ2) is 4.33. The normalized spacial score (nSPS) is 15.0. The van der Waals surface area contributed by atoms with Gasteiger partial charge in [-0.1, -0.05) is 24.8 Å². The van der Waals surface area contributed by atoms with Gasteiger partial charge < -0.3 is 5.32 Å². The lowest BCUT2D eigenvalue weighted by molar-refractivity contribution is 1.17. The molecule has 0 amide bonds. The van der Waals surface area contributed by atoms with Gasteiger partial charge >= 0.3 is 0 Å². The first-order valence-electron chi connectivity index (χ1n) is 4.55. The lowest BCUT2D eigenvalue weighted by Gasteiger charge is -2.08. The lowest BCUT2D eigenvalue weighted by atomic mass is 10.3. The number of nitrogens with one attached hydrogen (secondary N) is 1. The Bertz CT molecular complexity index is 357. The fourth-order valence-corrected chi connectivity index (χ4v) is 2.05. The summed E-state index contributed by atoms with van der Waals surface area (Å²) in [6, 6.07) is 10.0. The number of aliphatic imine (C=N–C) groups is 1. The Hall–Kier alpha value is -1.22. The smallest absolute Gasteiger partial charge is 0.113 e. The van der Waals surface area contributed by atoms with E-state index in [1.807, 2.05) is 30.3 Å². The van der Waals surface area contributed by atoms with Crippen LogP contribution in [-0.2, 0) is 0 Å². The monoisotopic (exact) mass is 204 g/mol. The Morgan fingerprint density at radius 3 is 2.79 bits per heavy atom. The van der Waals surface area contributed by atoms with Crippen LogP contribution in [0.3, 0.4) is 0 Å². The average molecular weight is 204 g/mol. The summed E-state index contributed by atoms with van der Waals surface area (Å²) in [6.45, 7) is 4.88. The second-order valence-electron chi connectivity index (χ2n) is 3.00. The van der Waals surface area contributed by atoms with Crippen molar-refractivity contribution in [2.24, 2.45) is 4.99 Å². The first-order chi connectivity index (χ1) is 6.86. The van der Waals surface area contributed by atoms with E-state index in [4.69, 9.17) is 0 Å². The van der Waals surface area contributed by atoms with Crippen LogP contribution < -0.4 is 5.32 Å². The van der Waals surface area contributed by atoms with E-state index in [1.165, 1.54) is 0 Å². The molecule has 0 bridgehead atoms. The molecule has 0 saturated carbocycles. The van der Waals surface area contributed by atoms with Crippen LogP contribution in [0.15, 0.2) is 47.6 Å². The third kappa shape index (κ3) is 2.17. The van der Waals surface area contributed by atoms with Crippen molar-refractivity contribution in [3.8, 4) is 0 Å². The quantitative estimate of drug-likeness (QED) is 0.818. The molecule has 0 saturated heterocycles. The van der Waals surface area contributed by atoms with E-state index < -0.39 is 0 Å². The summed E-state index contributed by atoms with van der Waals surface area (Å²) in [5.74, 6) is 1.07. The maximum atomic E-state index is 4.35. The molecular weight excluding hydrogens is 192 g/mol. The van der Waals surface area contributed by atoms with Gasteiger partial charge in [0.2, 0.25) is 0 Å². The fraction of sp³-hybridized carbons (Fsp3) is 0.182. The van der Waals surface area contributed by atoms with E-state index in [1.54, 1.807) is 11.8 Å². The van der Waals surface area contributed by atoms with Crippen LogP contribution in [0.25, 0.3) is 0 Å². The predicted molar refractivity (Wildman–Crippen MR) is 64.0 cm³/mol. The molecule has 1 aliphatic rings. The van der Waals surface area contributed by atoms with E-state index in [2.05, 4.69) is 16.9 Å². The minimum Gasteiger partial charge on any atom is -0.354 e. The first-order valence-corrected chi connectivity index (χ1v) is 5.53. The number of nitrogens with zero attached hydrogens (tertiary/aromatic N) is 1. The Morgan fingerprint density at radius 2 is 2.14 bits per heavy atom. The Morgan fingerprint density at radius 1 is 1.36 bits per heavy atom. The molecule has 0 atom stereocenters.